The van der Waals surface area contributed by atoms with E-state index in [1.165, 1.54) is 0 Å². The minimum absolute atomic E-state index is 0.178. The molecule has 0 saturated carbocycles. The number of carbonyl (C=O) groups is 7. The first-order valence-corrected chi connectivity index (χ1v) is 11.9. The number of hydrogen-bond acceptors (Lipinski definition) is 8. The van der Waals surface area contributed by atoms with E-state index in [1.807, 2.05) is 0 Å². The predicted octanol–water partition coefficient (Wildman–Crippen LogP) is -2.21. The van der Waals surface area contributed by atoms with Crippen molar-refractivity contribution in [2.75, 3.05) is 0 Å². The largest absolute Gasteiger partial charge is 0.481 e. The Hall–Kier alpha value is -4.99. The maximum atomic E-state index is 13.2. The smallest absolute Gasteiger partial charge is 0.326 e. The van der Waals surface area contributed by atoms with E-state index in [0.29, 0.717) is 16.5 Å². The van der Waals surface area contributed by atoms with E-state index in [0.717, 1.165) is 0 Å². The van der Waals surface area contributed by atoms with Crippen molar-refractivity contribution in [3.05, 3.63) is 36.0 Å². The van der Waals surface area contributed by atoms with Crippen molar-refractivity contribution < 1.29 is 48.9 Å². The van der Waals surface area contributed by atoms with Crippen molar-refractivity contribution in [3.8, 4) is 0 Å². The van der Waals surface area contributed by atoms with E-state index in [4.69, 9.17) is 21.7 Å². The molecule has 1 aromatic carbocycles. The quantitative estimate of drug-likeness (QED) is 0.106. The second-order valence-corrected chi connectivity index (χ2v) is 8.89. The number of amides is 4. The van der Waals surface area contributed by atoms with Crippen molar-refractivity contribution in [1.82, 2.24) is 20.9 Å². The number of benzene rings is 1. The molecule has 4 unspecified atom stereocenters. The van der Waals surface area contributed by atoms with Gasteiger partial charge in [0, 0.05) is 29.9 Å². The first kappa shape index (κ1) is 31.2. The Kier molecular flexibility index (Phi) is 11.1. The molecule has 0 bridgehead atoms. The molecular formula is C24H30N6O10. The summed E-state index contributed by atoms with van der Waals surface area (Å²) in [5.74, 6) is -8.29. The fraction of sp³-hybridized carbons (Fsp3) is 0.375. The van der Waals surface area contributed by atoms with Gasteiger partial charge >= 0.3 is 17.9 Å². The van der Waals surface area contributed by atoms with Crippen molar-refractivity contribution in [2.45, 2.75) is 56.3 Å². The van der Waals surface area contributed by atoms with Gasteiger partial charge in [-0.25, -0.2) is 4.79 Å². The maximum Gasteiger partial charge on any atom is 0.326 e. The number of fused-ring (bicyclic) bond motifs is 1. The van der Waals surface area contributed by atoms with Crippen molar-refractivity contribution in [3.63, 3.8) is 0 Å². The van der Waals surface area contributed by atoms with Crippen LogP contribution in [0.1, 0.15) is 31.2 Å². The number of para-hydroxylation sites is 1. The summed E-state index contributed by atoms with van der Waals surface area (Å²) in [5.41, 5.74) is 12.0. The third kappa shape index (κ3) is 9.39. The normalized spacial score (nSPS) is 13.8. The maximum absolute atomic E-state index is 13.2. The average molecular weight is 563 g/mol. The molecular weight excluding hydrogens is 532 g/mol. The number of nitrogens with one attached hydrogen (secondary N) is 4. The highest BCUT2D eigenvalue weighted by Gasteiger charge is 2.32. The molecule has 0 fully saturated rings. The summed E-state index contributed by atoms with van der Waals surface area (Å²) in [4.78, 5) is 86.6. The molecule has 16 nitrogen and oxygen atoms in total. The summed E-state index contributed by atoms with van der Waals surface area (Å²) >= 11 is 0. The van der Waals surface area contributed by atoms with Crippen LogP contribution < -0.4 is 27.4 Å². The summed E-state index contributed by atoms with van der Waals surface area (Å²) < 4.78 is 0. The van der Waals surface area contributed by atoms with E-state index < -0.39 is 91.4 Å². The van der Waals surface area contributed by atoms with Crippen LogP contribution in [0.3, 0.4) is 0 Å². The molecule has 0 saturated heterocycles. The third-order valence-electron chi connectivity index (χ3n) is 5.76. The summed E-state index contributed by atoms with van der Waals surface area (Å²) in [7, 11) is 0. The number of carboxylic acid groups (broad SMARTS) is 3. The van der Waals surface area contributed by atoms with Gasteiger partial charge in [0.05, 0.1) is 18.9 Å². The topological polar surface area (TPSA) is 284 Å². The molecule has 1 heterocycles. The number of hydrogen-bond donors (Lipinski definition) is 9. The van der Waals surface area contributed by atoms with Crippen molar-refractivity contribution >= 4 is 52.4 Å². The number of H-pyrrole nitrogens is 1. The molecule has 2 rings (SSSR count). The van der Waals surface area contributed by atoms with Gasteiger partial charge < -0.3 is 47.7 Å². The van der Waals surface area contributed by atoms with E-state index in [-0.39, 0.29) is 6.42 Å². The Morgan fingerprint density at radius 2 is 1.40 bits per heavy atom. The molecule has 0 aliphatic rings. The van der Waals surface area contributed by atoms with Gasteiger partial charge in [-0.1, -0.05) is 18.2 Å². The summed E-state index contributed by atoms with van der Waals surface area (Å²) in [6, 6.07) is 0.739. The monoisotopic (exact) mass is 562 g/mol. The molecule has 0 aliphatic carbocycles. The van der Waals surface area contributed by atoms with E-state index in [2.05, 4.69) is 20.9 Å². The Balaban J connectivity index is 2.33. The third-order valence-corrected chi connectivity index (χ3v) is 5.76. The highest BCUT2D eigenvalue weighted by molar-refractivity contribution is 5.97. The van der Waals surface area contributed by atoms with Crippen LogP contribution in [0.25, 0.3) is 10.9 Å². The average Bonchev–Trinajstić information content (AvgIpc) is 3.27. The second kappa shape index (κ2) is 14.2. The first-order valence-electron chi connectivity index (χ1n) is 11.9. The molecule has 0 spiro atoms. The minimum Gasteiger partial charge on any atom is -0.481 e. The van der Waals surface area contributed by atoms with E-state index in [1.54, 1.807) is 30.5 Å². The Bertz CT molecular complexity index is 1290. The number of primary amides is 1. The zero-order valence-electron chi connectivity index (χ0n) is 21.1. The summed E-state index contributed by atoms with van der Waals surface area (Å²) in [5, 5.41) is 34.6. The minimum atomic E-state index is -1.65. The summed E-state index contributed by atoms with van der Waals surface area (Å²) in [6.45, 7) is 0. The molecule has 1 aromatic heterocycles. The summed E-state index contributed by atoms with van der Waals surface area (Å²) in [6.07, 6.45) is -1.09. The van der Waals surface area contributed by atoms with Gasteiger partial charge in [0.2, 0.25) is 23.6 Å². The van der Waals surface area contributed by atoms with Crippen LogP contribution in [0, 0.1) is 0 Å². The lowest BCUT2D eigenvalue weighted by molar-refractivity contribution is -0.143. The van der Waals surface area contributed by atoms with Gasteiger partial charge in [-0.15, -0.1) is 0 Å². The Labute approximate surface area is 226 Å². The zero-order valence-corrected chi connectivity index (χ0v) is 21.1. The van der Waals surface area contributed by atoms with Gasteiger partial charge in [-0.2, -0.15) is 0 Å². The Morgan fingerprint density at radius 3 is 2.00 bits per heavy atom. The van der Waals surface area contributed by atoms with E-state index >= 15 is 0 Å². The van der Waals surface area contributed by atoms with Gasteiger partial charge in [0.1, 0.15) is 18.1 Å². The lowest BCUT2D eigenvalue weighted by atomic mass is 10.0. The van der Waals surface area contributed by atoms with Crippen LogP contribution in [0.2, 0.25) is 0 Å². The number of rotatable bonds is 16. The van der Waals surface area contributed by atoms with Gasteiger partial charge in [-0.05, 0) is 18.1 Å². The molecule has 16 heteroatoms. The highest BCUT2D eigenvalue weighted by Crippen LogP contribution is 2.19. The zero-order chi connectivity index (χ0) is 30.0. The number of aromatic amines is 1. The Morgan fingerprint density at radius 1 is 0.800 bits per heavy atom. The molecule has 0 aliphatic heterocycles. The number of aliphatic carboxylic acids is 3. The number of aromatic nitrogens is 1. The van der Waals surface area contributed by atoms with Gasteiger partial charge in [0.25, 0.3) is 0 Å². The van der Waals surface area contributed by atoms with Crippen LogP contribution in [-0.4, -0.2) is 86.0 Å². The SMILES string of the molecule is NC(=O)CC(NC(=O)C(N)CC(=O)O)C(=O)NC(Cc1c[nH]c2ccccc12)C(=O)NC(CCC(=O)O)C(=O)O. The lowest BCUT2D eigenvalue weighted by Gasteiger charge is -2.24. The fourth-order valence-corrected chi connectivity index (χ4v) is 3.77. The number of carbonyl (C=O) groups excluding carboxylic acids is 4. The molecule has 11 N–H and O–H groups in total. The molecule has 4 atom stereocenters. The predicted molar refractivity (Wildman–Crippen MR) is 136 cm³/mol. The van der Waals surface area contributed by atoms with Crippen molar-refractivity contribution in [1.29, 1.82) is 0 Å². The van der Waals surface area contributed by atoms with Crippen LogP contribution in [0.4, 0.5) is 0 Å². The van der Waals surface area contributed by atoms with Crippen LogP contribution in [-0.2, 0) is 40.0 Å². The molecule has 216 valence electrons. The van der Waals surface area contributed by atoms with Gasteiger partial charge in [-0.3, -0.25) is 28.8 Å². The van der Waals surface area contributed by atoms with Gasteiger partial charge in [0.15, 0.2) is 0 Å². The first-order chi connectivity index (χ1) is 18.8. The molecule has 2 aromatic rings. The molecule has 0 radical (unpaired) electrons. The van der Waals surface area contributed by atoms with Crippen molar-refractivity contribution in [2.24, 2.45) is 11.5 Å². The molecule has 40 heavy (non-hydrogen) atoms. The standard InChI is InChI=1S/C24H30N6O10/c25-13(8-20(34)35)21(36)29-17(9-18(26)31)23(38)30-16(7-11-10-27-14-4-2-1-3-12(11)14)22(37)28-15(24(39)40)5-6-19(32)33/h1-4,10,13,15-17,27H,5-9,25H2,(H2,26,31)(H,28,37)(H,29,36)(H,30,38)(H,32,33)(H,34,35)(H,39,40). The van der Waals surface area contributed by atoms with Crippen LogP contribution in [0.5, 0.6) is 0 Å². The second-order valence-electron chi connectivity index (χ2n) is 8.89. The number of nitrogens with two attached hydrogens (primary N) is 2. The van der Waals surface area contributed by atoms with Crippen LogP contribution in [0.15, 0.2) is 30.5 Å². The fourth-order valence-electron chi connectivity index (χ4n) is 3.77. The lowest BCUT2D eigenvalue weighted by Crippen LogP contribution is -2.58. The van der Waals surface area contributed by atoms with Crippen LogP contribution >= 0.6 is 0 Å². The molecule has 4 amide bonds. The number of carboxylic acids is 3. The highest BCUT2D eigenvalue weighted by atomic mass is 16.4. The van der Waals surface area contributed by atoms with E-state index in [9.17, 15) is 38.7 Å².